The lowest BCUT2D eigenvalue weighted by Crippen LogP contribution is -2.37. The lowest BCUT2D eigenvalue weighted by Gasteiger charge is -2.17. The molecular formula is C12H13FN2O2. The van der Waals surface area contributed by atoms with E-state index in [1.54, 1.807) is 12.1 Å². The molecule has 2 amide bonds. The van der Waals surface area contributed by atoms with Crippen LogP contribution in [0.25, 0.3) is 0 Å². The molecule has 4 nitrogen and oxygen atoms in total. The first-order valence-corrected chi connectivity index (χ1v) is 5.41. The Balaban J connectivity index is 2.01. The number of nitrogens with one attached hydrogen (secondary N) is 2. The fraction of sp³-hybridized carbons (Fsp3) is 0.333. The number of carbonyl (C=O) groups is 2. The topological polar surface area (TPSA) is 58.2 Å². The number of carbonyl (C=O) groups excluding carboxylic acids is 2. The van der Waals surface area contributed by atoms with Crippen LogP contribution in [0.15, 0.2) is 24.3 Å². The molecule has 1 aliphatic heterocycles. The number of halogens is 1. The zero-order chi connectivity index (χ0) is 12.4. The van der Waals surface area contributed by atoms with Gasteiger partial charge in [0.25, 0.3) is 0 Å². The molecule has 0 aliphatic carbocycles. The van der Waals surface area contributed by atoms with Crippen molar-refractivity contribution in [2.24, 2.45) is 0 Å². The molecule has 0 aromatic heterocycles. The highest BCUT2D eigenvalue weighted by Crippen LogP contribution is 2.15. The quantitative estimate of drug-likeness (QED) is 0.766. The van der Waals surface area contributed by atoms with Crippen LogP contribution in [0.2, 0.25) is 0 Å². The van der Waals surface area contributed by atoms with Crippen LogP contribution < -0.4 is 10.6 Å². The van der Waals surface area contributed by atoms with Gasteiger partial charge in [0, 0.05) is 6.04 Å². The van der Waals surface area contributed by atoms with Crippen molar-refractivity contribution in [1.29, 1.82) is 0 Å². The van der Waals surface area contributed by atoms with Gasteiger partial charge in [-0.2, -0.15) is 0 Å². The maximum atomic E-state index is 12.7. The SMILES string of the molecule is C[C@@H](NC1CC(=O)NC1=O)c1ccc(F)cc1. The number of imide groups is 1. The average Bonchev–Trinajstić information content (AvgIpc) is 2.58. The third-order valence-electron chi connectivity index (χ3n) is 2.79. The maximum Gasteiger partial charge on any atom is 0.244 e. The standard InChI is InChI=1S/C12H13FN2O2/c1-7(8-2-4-9(13)5-3-8)14-10-6-11(16)15-12(10)17/h2-5,7,10,14H,6H2,1H3,(H,15,16,17)/t7-,10?/m1/s1. The Labute approximate surface area is 98.2 Å². The van der Waals surface area contributed by atoms with Crippen molar-refractivity contribution in [3.05, 3.63) is 35.6 Å². The summed E-state index contributed by atoms with van der Waals surface area (Å²) in [5, 5.41) is 5.27. The summed E-state index contributed by atoms with van der Waals surface area (Å²) in [6.45, 7) is 1.86. The van der Waals surface area contributed by atoms with Gasteiger partial charge in [-0.15, -0.1) is 0 Å². The van der Waals surface area contributed by atoms with Gasteiger partial charge in [-0.1, -0.05) is 12.1 Å². The molecule has 1 aliphatic rings. The molecule has 2 N–H and O–H groups in total. The normalized spacial score (nSPS) is 21.4. The Morgan fingerprint density at radius 3 is 2.53 bits per heavy atom. The Morgan fingerprint density at radius 1 is 1.35 bits per heavy atom. The zero-order valence-corrected chi connectivity index (χ0v) is 9.37. The van der Waals surface area contributed by atoms with Gasteiger partial charge in [0.1, 0.15) is 5.82 Å². The first kappa shape index (κ1) is 11.7. The second kappa shape index (κ2) is 4.63. The van der Waals surface area contributed by atoms with Crippen molar-refractivity contribution in [2.45, 2.75) is 25.4 Å². The van der Waals surface area contributed by atoms with Crippen molar-refractivity contribution in [3.63, 3.8) is 0 Å². The molecule has 0 saturated carbocycles. The molecular weight excluding hydrogens is 223 g/mol. The van der Waals surface area contributed by atoms with Crippen LogP contribution in [0, 0.1) is 5.82 Å². The zero-order valence-electron chi connectivity index (χ0n) is 9.37. The molecule has 1 heterocycles. The Kier molecular flexibility index (Phi) is 3.19. The number of hydrogen-bond acceptors (Lipinski definition) is 3. The molecule has 1 aromatic carbocycles. The van der Waals surface area contributed by atoms with Crippen LogP contribution in [0.5, 0.6) is 0 Å². The molecule has 2 atom stereocenters. The van der Waals surface area contributed by atoms with Gasteiger partial charge in [-0.25, -0.2) is 4.39 Å². The number of rotatable bonds is 3. The molecule has 0 radical (unpaired) electrons. The maximum absolute atomic E-state index is 12.7. The van der Waals surface area contributed by atoms with E-state index in [9.17, 15) is 14.0 Å². The fourth-order valence-corrected chi connectivity index (χ4v) is 1.84. The number of amides is 2. The van der Waals surface area contributed by atoms with E-state index in [1.807, 2.05) is 6.92 Å². The fourth-order valence-electron chi connectivity index (χ4n) is 1.84. The van der Waals surface area contributed by atoms with Crippen LogP contribution in [-0.2, 0) is 9.59 Å². The summed E-state index contributed by atoms with van der Waals surface area (Å²) < 4.78 is 12.7. The van der Waals surface area contributed by atoms with Crippen molar-refractivity contribution in [1.82, 2.24) is 10.6 Å². The van der Waals surface area contributed by atoms with Crippen molar-refractivity contribution in [3.8, 4) is 0 Å². The van der Waals surface area contributed by atoms with Crippen molar-refractivity contribution in [2.75, 3.05) is 0 Å². The summed E-state index contributed by atoms with van der Waals surface area (Å²) >= 11 is 0. The summed E-state index contributed by atoms with van der Waals surface area (Å²) in [5.74, 6) is -0.863. The third kappa shape index (κ3) is 2.68. The predicted octanol–water partition coefficient (Wildman–Crippen LogP) is 0.891. The second-order valence-corrected chi connectivity index (χ2v) is 4.11. The van der Waals surface area contributed by atoms with Gasteiger partial charge in [-0.3, -0.25) is 20.2 Å². The molecule has 90 valence electrons. The molecule has 17 heavy (non-hydrogen) atoms. The monoisotopic (exact) mass is 236 g/mol. The molecule has 5 heteroatoms. The van der Waals surface area contributed by atoms with Gasteiger partial charge in [0.05, 0.1) is 12.5 Å². The highest BCUT2D eigenvalue weighted by atomic mass is 19.1. The lowest BCUT2D eigenvalue weighted by atomic mass is 10.1. The van der Waals surface area contributed by atoms with E-state index in [4.69, 9.17) is 0 Å². The Bertz CT molecular complexity index is 444. The van der Waals surface area contributed by atoms with Crippen LogP contribution >= 0.6 is 0 Å². The summed E-state index contributed by atoms with van der Waals surface area (Å²) in [4.78, 5) is 22.4. The van der Waals surface area contributed by atoms with Crippen LogP contribution in [-0.4, -0.2) is 17.9 Å². The minimum absolute atomic E-state index is 0.114. The van der Waals surface area contributed by atoms with E-state index in [1.165, 1.54) is 12.1 Å². The van der Waals surface area contributed by atoms with E-state index in [-0.39, 0.29) is 30.1 Å². The molecule has 2 rings (SSSR count). The highest BCUT2D eigenvalue weighted by molar-refractivity contribution is 6.05. The third-order valence-corrected chi connectivity index (χ3v) is 2.79. The predicted molar refractivity (Wildman–Crippen MR) is 59.5 cm³/mol. The number of benzene rings is 1. The summed E-state index contributed by atoms with van der Waals surface area (Å²) in [6.07, 6.45) is 0.157. The smallest absolute Gasteiger partial charge is 0.244 e. The van der Waals surface area contributed by atoms with Gasteiger partial charge < -0.3 is 0 Å². The largest absolute Gasteiger partial charge is 0.299 e. The van der Waals surface area contributed by atoms with Crippen LogP contribution in [0.3, 0.4) is 0 Å². The Hall–Kier alpha value is -1.75. The van der Waals surface area contributed by atoms with Crippen LogP contribution in [0.4, 0.5) is 4.39 Å². The summed E-state index contributed by atoms with van der Waals surface area (Å²) in [5.41, 5.74) is 0.874. The van der Waals surface area contributed by atoms with Gasteiger partial charge in [0.15, 0.2) is 0 Å². The Morgan fingerprint density at radius 2 is 2.00 bits per heavy atom. The molecule has 1 fully saturated rings. The minimum Gasteiger partial charge on any atom is -0.299 e. The van der Waals surface area contributed by atoms with E-state index in [0.29, 0.717) is 0 Å². The van der Waals surface area contributed by atoms with Crippen molar-refractivity contribution < 1.29 is 14.0 Å². The molecule has 1 unspecified atom stereocenters. The lowest BCUT2D eigenvalue weighted by molar-refractivity contribution is -0.125. The van der Waals surface area contributed by atoms with E-state index in [2.05, 4.69) is 10.6 Å². The van der Waals surface area contributed by atoms with Crippen LogP contribution in [0.1, 0.15) is 24.9 Å². The molecule has 0 spiro atoms. The van der Waals surface area contributed by atoms with E-state index < -0.39 is 6.04 Å². The highest BCUT2D eigenvalue weighted by Gasteiger charge is 2.31. The average molecular weight is 236 g/mol. The summed E-state index contributed by atoms with van der Waals surface area (Å²) in [7, 11) is 0. The number of hydrogen-bond donors (Lipinski definition) is 2. The first-order chi connectivity index (χ1) is 8.06. The second-order valence-electron chi connectivity index (χ2n) is 4.11. The van der Waals surface area contributed by atoms with E-state index in [0.717, 1.165) is 5.56 Å². The molecule has 0 bridgehead atoms. The van der Waals surface area contributed by atoms with E-state index >= 15 is 0 Å². The molecule has 1 aromatic rings. The first-order valence-electron chi connectivity index (χ1n) is 5.41. The minimum atomic E-state index is -0.498. The van der Waals surface area contributed by atoms with Crippen molar-refractivity contribution >= 4 is 11.8 Å². The van der Waals surface area contributed by atoms with Gasteiger partial charge in [-0.05, 0) is 24.6 Å². The summed E-state index contributed by atoms with van der Waals surface area (Å²) in [6, 6.07) is 5.43. The molecule has 1 saturated heterocycles. The van der Waals surface area contributed by atoms with Gasteiger partial charge >= 0.3 is 0 Å². The van der Waals surface area contributed by atoms with Gasteiger partial charge in [0.2, 0.25) is 11.8 Å².